The first-order valence-corrected chi connectivity index (χ1v) is 8.05. The maximum atomic E-state index is 6.08. The lowest BCUT2D eigenvalue weighted by molar-refractivity contribution is 0.307. The van der Waals surface area contributed by atoms with Crippen LogP contribution in [-0.4, -0.2) is 0 Å². The van der Waals surface area contributed by atoms with Gasteiger partial charge in [0, 0.05) is 16.5 Å². The SMILES string of the molecule is Cc1ccc2occ(-c3ccccc3OCc3ccccc3)c2c1. The number of furan rings is 1. The summed E-state index contributed by atoms with van der Waals surface area (Å²) in [5, 5.41) is 1.12. The monoisotopic (exact) mass is 314 g/mol. The van der Waals surface area contributed by atoms with Crippen LogP contribution in [0.2, 0.25) is 0 Å². The van der Waals surface area contributed by atoms with Crippen molar-refractivity contribution >= 4 is 11.0 Å². The predicted octanol–water partition coefficient (Wildman–Crippen LogP) is 5.99. The molecule has 0 saturated carbocycles. The lowest BCUT2D eigenvalue weighted by Gasteiger charge is -2.11. The number of rotatable bonds is 4. The van der Waals surface area contributed by atoms with Crippen molar-refractivity contribution in [3.8, 4) is 16.9 Å². The summed E-state index contributed by atoms with van der Waals surface area (Å²) < 4.78 is 11.8. The molecule has 0 saturated heterocycles. The van der Waals surface area contributed by atoms with Crippen LogP contribution in [0.3, 0.4) is 0 Å². The zero-order valence-corrected chi connectivity index (χ0v) is 13.5. The minimum atomic E-state index is 0.548. The third-order valence-electron chi connectivity index (χ3n) is 4.14. The Kier molecular flexibility index (Phi) is 3.80. The van der Waals surface area contributed by atoms with E-state index in [-0.39, 0.29) is 0 Å². The zero-order chi connectivity index (χ0) is 16.4. The van der Waals surface area contributed by atoms with E-state index in [1.807, 2.05) is 48.7 Å². The van der Waals surface area contributed by atoms with Crippen LogP contribution in [0.4, 0.5) is 0 Å². The maximum absolute atomic E-state index is 6.08. The Morgan fingerprint density at radius 3 is 2.50 bits per heavy atom. The fourth-order valence-electron chi connectivity index (χ4n) is 2.90. The van der Waals surface area contributed by atoms with Crippen LogP contribution < -0.4 is 4.74 Å². The van der Waals surface area contributed by atoms with Crippen LogP contribution >= 0.6 is 0 Å². The van der Waals surface area contributed by atoms with E-state index in [4.69, 9.17) is 9.15 Å². The molecule has 0 aliphatic rings. The van der Waals surface area contributed by atoms with Crippen LogP contribution in [0.25, 0.3) is 22.1 Å². The number of hydrogen-bond acceptors (Lipinski definition) is 2. The lowest BCUT2D eigenvalue weighted by atomic mass is 10.0. The summed E-state index contributed by atoms with van der Waals surface area (Å²) in [5.41, 5.74) is 5.39. The largest absolute Gasteiger partial charge is 0.488 e. The number of fused-ring (bicyclic) bond motifs is 1. The van der Waals surface area contributed by atoms with Crippen molar-refractivity contribution in [2.45, 2.75) is 13.5 Å². The molecule has 0 aliphatic heterocycles. The molecule has 0 radical (unpaired) electrons. The Hall–Kier alpha value is -3.00. The second-order valence-corrected chi connectivity index (χ2v) is 5.92. The molecule has 118 valence electrons. The summed E-state index contributed by atoms with van der Waals surface area (Å²) in [4.78, 5) is 0. The van der Waals surface area contributed by atoms with Crippen LogP contribution in [0.5, 0.6) is 5.75 Å². The molecule has 24 heavy (non-hydrogen) atoms. The van der Waals surface area contributed by atoms with Crippen molar-refractivity contribution in [1.82, 2.24) is 0 Å². The van der Waals surface area contributed by atoms with Gasteiger partial charge in [0.2, 0.25) is 0 Å². The van der Waals surface area contributed by atoms with E-state index in [0.29, 0.717) is 6.61 Å². The summed E-state index contributed by atoms with van der Waals surface area (Å²) in [7, 11) is 0. The molecule has 3 aromatic carbocycles. The smallest absolute Gasteiger partial charge is 0.134 e. The van der Waals surface area contributed by atoms with Gasteiger partial charge in [-0.15, -0.1) is 0 Å². The highest BCUT2D eigenvalue weighted by Crippen LogP contribution is 2.36. The Morgan fingerprint density at radius 1 is 0.833 bits per heavy atom. The Bertz CT molecular complexity index is 968. The molecule has 0 atom stereocenters. The lowest BCUT2D eigenvalue weighted by Crippen LogP contribution is -1.96. The van der Waals surface area contributed by atoms with Gasteiger partial charge in [-0.1, -0.05) is 60.2 Å². The molecule has 0 aliphatic carbocycles. The van der Waals surface area contributed by atoms with Crippen molar-refractivity contribution < 1.29 is 9.15 Å². The Balaban J connectivity index is 1.71. The van der Waals surface area contributed by atoms with Gasteiger partial charge >= 0.3 is 0 Å². The van der Waals surface area contributed by atoms with Crippen molar-refractivity contribution in [3.05, 3.63) is 90.2 Å². The molecule has 0 unspecified atom stereocenters. The number of ether oxygens (including phenoxy) is 1. The third-order valence-corrected chi connectivity index (χ3v) is 4.14. The molecule has 4 aromatic rings. The van der Waals surface area contributed by atoms with E-state index in [1.165, 1.54) is 5.56 Å². The Morgan fingerprint density at radius 2 is 1.62 bits per heavy atom. The quantitative estimate of drug-likeness (QED) is 0.462. The van der Waals surface area contributed by atoms with Gasteiger partial charge < -0.3 is 9.15 Å². The number of hydrogen-bond donors (Lipinski definition) is 0. The molecule has 0 amide bonds. The fraction of sp³-hybridized carbons (Fsp3) is 0.0909. The molecule has 4 rings (SSSR count). The molecule has 2 nitrogen and oxygen atoms in total. The van der Waals surface area contributed by atoms with E-state index in [0.717, 1.165) is 33.4 Å². The molecule has 2 heteroatoms. The normalized spacial score (nSPS) is 10.9. The molecule has 1 aromatic heterocycles. The van der Waals surface area contributed by atoms with Gasteiger partial charge in [0.05, 0.1) is 6.26 Å². The highest BCUT2D eigenvalue weighted by molar-refractivity contribution is 5.95. The number of aryl methyl sites for hydroxylation is 1. The van der Waals surface area contributed by atoms with Crippen molar-refractivity contribution in [2.75, 3.05) is 0 Å². The van der Waals surface area contributed by atoms with E-state index in [2.05, 4.69) is 37.3 Å². The van der Waals surface area contributed by atoms with Crippen molar-refractivity contribution in [2.24, 2.45) is 0 Å². The van der Waals surface area contributed by atoms with E-state index in [9.17, 15) is 0 Å². The zero-order valence-electron chi connectivity index (χ0n) is 13.5. The van der Waals surface area contributed by atoms with Crippen LogP contribution in [0.1, 0.15) is 11.1 Å². The molecule has 0 spiro atoms. The van der Waals surface area contributed by atoms with Gasteiger partial charge in [0.1, 0.15) is 17.9 Å². The molecule has 0 N–H and O–H groups in total. The average Bonchev–Trinajstić information content (AvgIpc) is 3.04. The molecule has 1 heterocycles. The van der Waals surface area contributed by atoms with Gasteiger partial charge in [0.15, 0.2) is 0 Å². The first-order chi connectivity index (χ1) is 11.8. The first kappa shape index (κ1) is 14.6. The Labute approximate surface area is 141 Å². The minimum absolute atomic E-state index is 0.548. The molecule has 0 bridgehead atoms. The summed E-state index contributed by atoms with van der Waals surface area (Å²) in [6, 6.07) is 24.5. The maximum Gasteiger partial charge on any atom is 0.134 e. The van der Waals surface area contributed by atoms with Crippen LogP contribution in [0.15, 0.2) is 83.5 Å². The van der Waals surface area contributed by atoms with Gasteiger partial charge in [0.25, 0.3) is 0 Å². The van der Waals surface area contributed by atoms with Gasteiger partial charge in [-0.05, 0) is 30.7 Å². The van der Waals surface area contributed by atoms with Gasteiger partial charge in [-0.2, -0.15) is 0 Å². The molecular formula is C22H18O2. The molecule has 0 fully saturated rings. The van der Waals surface area contributed by atoms with Gasteiger partial charge in [-0.3, -0.25) is 0 Å². The van der Waals surface area contributed by atoms with Gasteiger partial charge in [-0.25, -0.2) is 0 Å². The summed E-state index contributed by atoms with van der Waals surface area (Å²) in [6.07, 6.45) is 1.81. The second kappa shape index (κ2) is 6.25. The average molecular weight is 314 g/mol. The fourth-order valence-corrected chi connectivity index (χ4v) is 2.90. The molecular weight excluding hydrogens is 296 g/mol. The summed E-state index contributed by atoms with van der Waals surface area (Å²) >= 11 is 0. The standard InChI is InChI=1S/C22H18O2/c1-16-11-12-22-19(13-16)20(15-24-22)18-9-5-6-10-21(18)23-14-17-7-3-2-4-8-17/h2-13,15H,14H2,1H3. The highest BCUT2D eigenvalue weighted by atomic mass is 16.5. The first-order valence-electron chi connectivity index (χ1n) is 8.05. The van der Waals surface area contributed by atoms with E-state index < -0.39 is 0 Å². The van der Waals surface area contributed by atoms with E-state index in [1.54, 1.807) is 0 Å². The summed E-state index contributed by atoms with van der Waals surface area (Å²) in [5.74, 6) is 0.866. The van der Waals surface area contributed by atoms with Crippen LogP contribution in [-0.2, 0) is 6.61 Å². The second-order valence-electron chi connectivity index (χ2n) is 5.92. The number of para-hydroxylation sites is 1. The minimum Gasteiger partial charge on any atom is -0.488 e. The topological polar surface area (TPSA) is 22.4 Å². The van der Waals surface area contributed by atoms with E-state index >= 15 is 0 Å². The van der Waals surface area contributed by atoms with Crippen molar-refractivity contribution in [3.63, 3.8) is 0 Å². The predicted molar refractivity (Wildman–Crippen MR) is 97.2 cm³/mol. The highest BCUT2D eigenvalue weighted by Gasteiger charge is 2.12. The number of benzene rings is 3. The summed E-state index contributed by atoms with van der Waals surface area (Å²) in [6.45, 7) is 2.64. The van der Waals surface area contributed by atoms with Crippen LogP contribution in [0, 0.1) is 6.92 Å². The third kappa shape index (κ3) is 2.79. The van der Waals surface area contributed by atoms with Crippen molar-refractivity contribution in [1.29, 1.82) is 0 Å².